The summed E-state index contributed by atoms with van der Waals surface area (Å²) >= 11 is 1.81. The fourth-order valence-electron chi connectivity index (χ4n) is 4.49. The number of aryl methyl sites for hydroxylation is 3. The average Bonchev–Trinajstić information content (AvgIpc) is 2.95. The predicted octanol–water partition coefficient (Wildman–Crippen LogP) is 3.78. The van der Waals surface area contributed by atoms with Gasteiger partial charge in [0, 0.05) is 31.1 Å². The second-order valence-electron chi connectivity index (χ2n) is 8.15. The molecule has 30 heavy (non-hydrogen) atoms. The van der Waals surface area contributed by atoms with Crippen LogP contribution in [-0.2, 0) is 22.9 Å². The Morgan fingerprint density at radius 1 is 0.933 bits per heavy atom. The summed E-state index contributed by atoms with van der Waals surface area (Å²) in [5.74, 6) is 0.979. The van der Waals surface area contributed by atoms with Crippen molar-refractivity contribution in [2.24, 2.45) is 0 Å². The van der Waals surface area contributed by atoms with E-state index in [4.69, 9.17) is 0 Å². The molecule has 0 spiro atoms. The first-order valence-corrected chi connectivity index (χ1v) is 12.9. The van der Waals surface area contributed by atoms with E-state index in [1.54, 1.807) is 22.8 Å². The maximum absolute atomic E-state index is 13.0. The summed E-state index contributed by atoms with van der Waals surface area (Å²) in [6.07, 6.45) is 7.63. The van der Waals surface area contributed by atoms with Crippen molar-refractivity contribution in [1.82, 2.24) is 14.3 Å². The van der Waals surface area contributed by atoms with Gasteiger partial charge in [0.05, 0.1) is 10.3 Å². The lowest BCUT2D eigenvalue weighted by atomic mass is 10.1. The molecule has 0 amide bonds. The predicted molar refractivity (Wildman–Crippen MR) is 121 cm³/mol. The highest BCUT2D eigenvalue weighted by Crippen LogP contribution is 2.39. The highest BCUT2D eigenvalue weighted by atomic mass is 32.2. The van der Waals surface area contributed by atoms with Gasteiger partial charge >= 0.3 is 0 Å². The third kappa shape index (κ3) is 3.50. The number of hydrogen-bond donors (Lipinski definition) is 0. The molecule has 0 saturated carbocycles. The van der Waals surface area contributed by atoms with Crippen LogP contribution in [0.4, 0.5) is 5.82 Å². The van der Waals surface area contributed by atoms with Crippen molar-refractivity contribution in [2.75, 3.05) is 31.1 Å². The molecule has 3 aromatic rings. The van der Waals surface area contributed by atoms with Crippen molar-refractivity contribution in [3.05, 3.63) is 46.6 Å². The number of aromatic nitrogens is 2. The molecule has 0 N–H and O–H groups in total. The van der Waals surface area contributed by atoms with Crippen LogP contribution in [0.25, 0.3) is 10.2 Å². The Morgan fingerprint density at radius 3 is 2.43 bits per heavy atom. The smallest absolute Gasteiger partial charge is 0.243 e. The topological polar surface area (TPSA) is 66.4 Å². The SMILES string of the molecule is Cc1ccc(S(=O)(=O)N2CCN(c3ncnc4sc5c(c34)CCCCC5)CC2)cc1. The lowest BCUT2D eigenvalue weighted by Gasteiger charge is -2.35. The molecule has 158 valence electrons. The number of thiophene rings is 1. The second kappa shape index (κ2) is 7.90. The highest BCUT2D eigenvalue weighted by molar-refractivity contribution is 7.89. The zero-order chi connectivity index (χ0) is 20.7. The molecule has 0 unspecified atom stereocenters. The number of anilines is 1. The Bertz CT molecular complexity index is 1160. The van der Waals surface area contributed by atoms with Crippen LogP contribution >= 0.6 is 11.3 Å². The Kier molecular flexibility index (Phi) is 5.24. The van der Waals surface area contributed by atoms with Crippen LogP contribution in [0, 0.1) is 6.92 Å². The fourth-order valence-corrected chi connectivity index (χ4v) is 7.14. The average molecular weight is 443 g/mol. The maximum atomic E-state index is 13.0. The van der Waals surface area contributed by atoms with E-state index in [1.807, 2.05) is 30.4 Å². The van der Waals surface area contributed by atoms with Gasteiger partial charge in [-0.15, -0.1) is 11.3 Å². The standard InChI is InChI=1S/C22H26N4O2S2/c1-16-7-9-17(10-8-16)30(27,28)26-13-11-25(12-14-26)21-20-18-5-3-2-4-6-19(18)29-22(20)24-15-23-21/h7-10,15H,2-6,11-14H2,1H3. The summed E-state index contributed by atoms with van der Waals surface area (Å²) in [5, 5.41) is 1.20. The van der Waals surface area contributed by atoms with E-state index in [0.29, 0.717) is 31.1 Å². The van der Waals surface area contributed by atoms with Gasteiger partial charge in [-0.2, -0.15) is 4.31 Å². The summed E-state index contributed by atoms with van der Waals surface area (Å²) in [6.45, 7) is 4.18. The Morgan fingerprint density at radius 2 is 1.67 bits per heavy atom. The van der Waals surface area contributed by atoms with Crippen LogP contribution in [0.3, 0.4) is 0 Å². The van der Waals surface area contributed by atoms with E-state index < -0.39 is 10.0 Å². The molecule has 0 radical (unpaired) electrons. The van der Waals surface area contributed by atoms with E-state index in [2.05, 4.69) is 14.9 Å². The molecule has 8 heteroatoms. The van der Waals surface area contributed by atoms with Crippen molar-refractivity contribution in [2.45, 2.75) is 43.9 Å². The molecule has 0 bridgehead atoms. The summed E-state index contributed by atoms with van der Waals surface area (Å²) < 4.78 is 27.6. The zero-order valence-corrected chi connectivity index (χ0v) is 18.8. The number of sulfonamides is 1. The van der Waals surface area contributed by atoms with Crippen LogP contribution in [0.5, 0.6) is 0 Å². The number of rotatable bonds is 3. The minimum absolute atomic E-state index is 0.370. The molecule has 5 rings (SSSR count). The van der Waals surface area contributed by atoms with Gasteiger partial charge in [-0.05, 0) is 50.3 Å². The van der Waals surface area contributed by atoms with Crippen molar-refractivity contribution >= 4 is 37.4 Å². The van der Waals surface area contributed by atoms with E-state index >= 15 is 0 Å². The maximum Gasteiger partial charge on any atom is 0.243 e. The quantitative estimate of drug-likeness (QED) is 0.578. The van der Waals surface area contributed by atoms with Gasteiger partial charge in [0.15, 0.2) is 0 Å². The molecule has 2 aromatic heterocycles. The summed E-state index contributed by atoms with van der Waals surface area (Å²) in [7, 11) is -3.46. The molecule has 2 aliphatic rings. The van der Waals surface area contributed by atoms with Gasteiger partial charge in [-0.25, -0.2) is 18.4 Å². The zero-order valence-electron chi connectivity index (χ0n) is 17.2. The summed E-state index contributed by atoms with van der Waals surface area (Å²) in [5.41, 5.74) is 2.49. The molecular weight excluding hydrogens is 416 g/mol. The first kappa shape index (κ1) is 19.9. The fraction of sp³-hybridized carbons (Fsp3) is 0.455. The first-order valence-electron chi connectivity index (χ1n) is 10.6. The van der Waals surface area contributed by atoms with E-state index in [-0.39, 0.29) is 0 Å². The van der Waals surface area contributed by atoms with Crippen molar-refractivity contribution in [3.63, 3.8) is 0 Å². The van der Waals surface area contributed by atoms with Crippen LogP contribution in [-0.4, -0.2) is 48.9 Å². The van der Waals surface area contributed by atoms with Crippen LogP contribution in [0.15, 0.2) is 35.5 Å². The summed E-state index contributed by atoms with van der Waals surface area (Å²) in [4.78, 5) is 14.3. The minimum Gasteiger partial charge on any atom is -0.353 e. The Labute approximate surface area is 181 Å². The van der Waals surface area contributed by atoms with E-state index in [9.17, 15) is 8.42 Å². The van der Waals surface area contributed by atoms with Crippen molar-refractivity contribution < 1.29 is 8.42 Å². The third-order valence-corrected chi connectivity index (χ3v) is 9.29. The third-order valence-electron chi connectivity index (χ3n) is 6.18. The van der Waals surface area contributed by atoms with Gasteiger partial charge in [0.2, 0.25) is 10.0 Å². The molecule has 1 aromatic carbocycles. The number of nitrogens with zero attached hydrogens (tertiary/aromatic N) is 4. The Hall–Kier alpha value is -2.03. The van der Waals surface area contributed by atoms with Crippen molar-refractivity contribution in [3.8, 4) is 0 Å². The molecule has 1 saturated heterocycles. The van der Waals surface area contributed by atoms with Crippen molar-refractivity contribution in [1.29, 1.82) is 0 Å². The monoisotopic (exact) mass is 442 g/mol. The van der Waals surface area contributed by atoms with Crippen LogP contribution in [0.1, 0.15) is 35.3 Å². The van der Waals surface area contributed by atoms with Crippen LogP contribution < -0.4 is 4.90 Å². The molecule has 6 nitrogen and oxygen atoms in total. The number of piperazine rings is 1. The molecule has 1 aliphatic heterocycles. The Balaban J connectivity index is 1.40. The molecule has 1 aliphatic carbocycles. The first-order chi connectivity index (χ1) is 14.5. The highest BCUT2D eigenvalue weighted by Gasteiger charge is 2.30. The normalized spacial score (nSPS) is 18.4. The second-order valence-corrected chi connectivity index (χ2v) is 11.2. The molecule has 3 heterocycles. The largest absolute Gasteiger partial charge is 0.353 e. The summed E-state index contributed by atoms with van der Waals surface area (Å²) in [6, 6.07) is 7.10. The van der Waals surface area contributed by atoms with Crippen LogP contribution in [0.2, 0.25) is 0 Å². The molecule has 0 atom stereocenters. The van der Waals surface area contributed by atoms with E-state index in [1.165, 1.54) is 35.1 Å². The van der Waals surface area contributed by atoms with Gasteiger partial charge in [0.1, 0.15) is 17.0 Å². The van der Waals surface area contributed by atoms with Gasteiger partial charge in [-0.1, -0.05) is 24.1 Å². The molecule has 1 fully saturated rings. The number of fused-ring (bicyclic) bond motifs is 3. The number of benzene rings is 1. The van der Waals surface area contributed by atoms with Gasteiger partial charge in [-0.3, -0.25) is 0 Å². The van der Waals surface area contributed by atoms with Gasteiger partial charge in [0.25, 0.3) is 0 Å². The van der Waals surface area contributed by atoms with E-state index in [0.717, 1.165) is 29.1 Å². The van der Waals surface area contributed by atoms with Gasteiger partial charge < -0.3 is 4.90 Å². The lowest BCUT2D eigenvalue weighted by Crippen LogP contribution is -2.49. The number of hydrogen-bond acceptors (Lipinski definition) is 6. The minimum atomic E-state index is -3.46. The lowest BCUT2D eigenvalue weighted by molar-refractivity contribution is 0.384. The molecular formula is C22H26N4O2S2.